The van der Waals surface area contributed by atoms with Crippen molar-refractivity contribution in [3.05, 3.63) is 84.1 Å². The maximum atomic E-state index is 12.8. The van der Waals surface area contributed by atoms with Crippen molar-refractivity contribution in [1.29, 1.82) is 0 Å². The van der Waals surface area contributed by atoms with Gasteiger partial charge in [-0.2, -0.15) is 0 Å². The molecule has 1 saturated carbocycles. The van der Waals surface area contributed by atoms with Crippen molar-refractivity contribution >= 4 is 21.6 Å². The molecule has 1 heterocycles. The Morgan fingerprint density at radius 2 is 1.67 bits per heavy atom. The fourth-order valence-electron chi connectivity index (χ4n) is 4.02. The molecule has 0 atom stereocenters. The highest BCUT2D eigenvalue weighted by atomic mass is 32.2. The van der Waals surface area contributed by atoms with Gasteiger partial charge in [-0.3, -0.25) is 4.79 Å². The minimum Gasteiger partial charge on any atom is -0.489 e. The summed E-state index contributed by atoms with van der Waals surface area (Å²) in [5.41, 5.74) is 1.03. The molecule has 4 rings (SSSR count). The highest BCUT2D eigenvalue weighted by Gasteiger charge is 2.18. The second kappa shape index (κ2) is 10.6. The normalized spacial score (nSPS) is 14.5. The molecule has 33 heavy (non-hydrogen) atoms. The number of carbonyl (C=O) groups is 1. The molecule has 0 unspecified atom stereocenters. The molecule has 1 aliphatic carbocycles. The number of sulfone groups is 1. The van der Waals surface area contributed by atoms with Crippen molar-refractivity contribution in [2.75, 3.05) is 11.9 Å². The maximum Gasteiger partial charge on any atom is 0.256 e. The number of hydrogen-bond donors (Lipinski definition) is 1. The van der Waals surface area contributed by atoms with E-state index < -0.39 is 9.84 Å². The first-order chi connectivity index (χ1) is 16.0. The first-order valence-electron chi connectivity index (χ1n) is 11.3. The van der Waals surface area contributed by atoms with Crippen LogP contribution in [-0.2, 0) is 15.6 Å². The summed E-state index contributed by atoms with van der Waals surface area (Å²) in [7, 11) is -3.44. The molecule has 1 aliphatic rings. The summed E-state index contributed by atoms with van der Waals surface area (Å²) in [6.45, 7) is 0.624. The van der Waals surface area contributed by atoms with Crippen LogP contribution in [0.1, 0.15) is 48.0 Å². The number of rotatable bonds is 8. The lowest BCUT2D eigenvalue weighted by Crippen LogP contribution is -2.17. The van der Waals surface area contributed by atoms with E-state index in [1.807, 2.05) is 6.07 Å². The minimum absolute atomic E-state index is 0.127. The zero-order valence-corrected chi connectivity index (χ0v) is 19.3. The second-order valence-corrected chi connectivity index (χ2v) is 10.4. The first kappa shape index (κ1) is 23.0. The Kier molecular flexibility index (Phi) is 7.40. The molecule has 1 amide bonds. The predicted octanol–water partition coefficient (Wildman–Crippen LogP) is 5.27. The number of amides is 1. The highest BCUT2D eigenvalue weighted by molar-refractivity contribution is 7.90. The lowest BCUT2D eigenvalue weighted by atomic mass is 9.90. The van der Waals surface area contributed by atoms with Gasteiger partial charge in [0.15, 0.2) is 21.4 Å². The third-order valence-electron chi connectivity index (χ3n) is 5.88. The number of benzene rings is 2. The van der Waals surface area contributed by atoms with Crippen LogP contribution >= 0.6 is 0 Å². The molecule has 0 aliphatic heterocycles. The van der Waals surface area contributed by atoms with E-state index in [0.29, 0.717) is 35.2 Å². The van der Waals surface area contributed by atoms with Gasteiger partial charge in [0.1, 0.15) is 0 Å². The van der Waals surface area contributed by atoms with Crippen LogP contribution in [0.5, 0.6) is 5.75 Å². The van der Waals surface area contributed by atoms with Gasteiger partial charge in [0, 0.05) is 11.8 Å². The molecule has 7 heteroatoms. The van der Waals surface area contributed by atoms with Crippen LogP contribution in [0.25, 0.3) is 0 Å². The number of aromatic nitrogens is 1. The van der Waals surface area contributed by atoms with Gasteiger partial charge in [0.2, 0.25) is 0 Å². The number of carbonyl (C=O) groups excluding carboxylic acids is 1. The van der Waals surface area contributed by atoms with Crippen molar-refractivity contribution in [2.45, 2.75) is 42.8 Å². The van der Waals surface area contributed by atoms with Gasteiger partial charge < -0.3 is 10.1 Å². The van der Waals surface area contributed by atoms with Gasteiger partial charge >= 0.3 is 0 Å². The molecule has 1 aromatic heterocycles. The topological polar surface area (TPSA) is 85.4 Å². The highest BCUT2D eigenvalue weighted by Crippen LogP contribution is 2.27. The molecule has 0 bridgehead atoms. The number of anilines is 1. The summed E-state index contributed by atoms with van der Waals surface area (Å²) in [5.74, 6) is 1.03. The van der Waals surface area contributed by atoms with E-state index in [-0.39, 0.29) is 16.6 Å². The maximum absolute atomic E-state index is 12.8. The van der Waals surface area contributed by atoms with Crippen LogP contribution in [0, 0.1) is 5.92 Å². The molecule has 0 spiro atoms. The third-order valence-corrected chi connectivity index (χ3v) is 7.58. The van der Waals surface area contributed by atoms with Crippen molar-refractivity contribution in [3.8, 4) is 5.75 Å². The fraction of sp³-hybridized carbons (Fsp3) is 0.308. The summed E-state index contributed by atoms with van der Waals surface area (Å²) in [4.78, 5) is 17.3. The zero-order chi connectivity index (χ0) is 23.1. The number of pyridine rings is 1. The smallest absolute Gasteiger partial charge is 0.256 e. The molecule has 2 aromatic carbocycles. The largest absolute Gasteiger partial charge is 0.489 e. The van der Waals surface area contributed by atoms with E-state index in [9.17, 15) is 13.2 Å². The number of ether oxygens (including phenoxy) is 1. The number of nitrogens with one attached hydrogen (secondary N) is 1. The average Bonchev–Trinajstić information content (AvgIpc) is 2.85. The van der Waals surface area contributed by atoms with E-state index in [1.54, 1.807) is 66.9 Å². The van der Waals surface area contributed by atoms with Gasteiger partial charge in [-0.25, -0.2) is 13.4 Å². The first-order valence-corrected chi connectivity index (χ1v) is 12.9. The molecule has 0 saturated heterocycles. The molecule has 1 N–H and O–H groups in total. The van der Waals surface area contributed by atoms with Gasteiger partial charge in [-0.15, -0.1) is 0 Å². The Bertz CT molecular complexity index is 1170. The molecular weight excluding hydrogens is 436 g/mol. The van der Waals surface area contributed by atoms with Crippen molar-refractivity contribution in [2.24, 2.45) is 5.92 Å². The zero-order valence-electron chi connectivity index (χ0n) is 18.4. The van der Waals surface area contributed by atoms with Crippen molar-refractivity contribution < 1.29 is 17.9 Å². The van der Waals surface area contributed by atoms with Gasteiger partial charge in [-0.1, -0.05) is 49.6 Å². The van der Waals surface area contributed by atoms with E-state index >= 15 is 0 Å². The minimum atomic E-state index is -3.44. The van der Waals surface area contributed by atoms with Gasteiger partial charge in [0.05, 0.1) is 17.3 Å². The van der Waals surface area contributed by atoms with Gasteiger partial charge in [0.25, 0.3) is 5.91 Å². The van der Waals surface area contributed by atoms with E-state index in [4.69, 9.17) is 4.74 Å². The van der Waals surface area contributed by atoms with E-state index in [2.05, 4.69) is 10.3 Å². The monoisotopic (exact) mass is 464 g/mol. The Morgan fingerprint density at radius 1 is 0.939 bits per heavy atom. The third kappa shape index (κ3) is 6.20. The standard InChI is InChI=1S/C26H28N2O4S/c29-26(28-25-24(12-7-17-27-25)32-18-20-8-3-1-4-9-20)22-15-13-21(14-16-22)19-33(30,31)23-10-5-2-6-11-23/h2,5-7,10-17,20H,1,3-4,8-9,18-19H2,(H,27,28,29). The van der Waals surface area contributed by atoms with Crippen molar-refractivity contribution in [3.63, 3.8) is 0 Å². The summed E-state index contributed by atoms with van der Waals surface area (Å²) in [6.07, 6.45) is 7.74. The van der Waals surface area contributed by atoms with Gasteiger partial charge in [-0.05, 0) is 60.7 Å². The SMILES string of the molecule is O=C(Nc1ncccc1OCC1CCCCC1)c1ccc(CS(=O)(=O)c2ccccc2)cc1. The van der Waals surface area contributed by atoms with Crippen LogP contribution in [0.2, 0.25) is 0 Å². The molecular formula is C26H28N2O4S. The molecule has 6 nitrogen and oxygen atoms in total. The molecule has 172 valence electrons. The predicted molar refractivity (Wildman–Crippen MR) is 128 cm³/mol. The van der Waals surface area contributed by atoms with Crippen molar-refractivity contribution in [1.82, 2.24) is 4.98 Å². The van der Waals surface area contributed by atoms with E-state index in [1.165, 1.54) is 32.1 Å². The summed E-state index contributed by atoms with van der Waals surface area (Å²) in [6, 6.07) is 18.5. The Balaban J connectivity index is 1.39. The molecule has 0 radical (unpaired) electrons. The Morgan fingerprint density at radius 3 is 2.39 bits per heavy atom. The quantitative estimate of drug-likeness (QED) is 0.491. The van der Waals surface area contributed by atoms with Crippen LogP contribution in [0.4, 0.5) is 5.82 Å². The average molecular weight is 465 g/mol. The Labute approximate surface area is 194 Å². The summed E-state index contributed by atoms with van der Waals surface area (Å²) >= 11 is 0. The van der Waals surface area contributed by atoms with E-state index in [0.717, 1.165) is 0 Å². The van der Waals surface area contributed by atoms with Crippen LogP contribution in [0.3, 0.4) is 0 Å². The lowest BCUT2D eigenvalue weighted by molar-refractivity contribution is 0.102. The van der Waals surface area contributed by atoms with Crippen LogP contribution in [-0.4, -0.2) is 25.9 Å². The Hall–Kier alpha value is -3.19. The fourth-order valence-corrected chi connectivity index (χ4v) is 5.39. The molecule has 1 fully saturated rings. The molecule has 3 aromatic rings. The summed E-state index contributed by atoms with van der Waals surface area (Å²) < 4.78 is 31.1. The second-order valence-electron chi connectivity index (χ2n) is 8.39. The van der Waals surface area contributed by atoms with Crippen LogP contribution < -0.4 is 10.1 Å². The number of hydrogen-bond acceptors (Lipinski definition) is 5. The summed E-state index contributed by atoms with van der Waals surface area (Å²) in [5, 5.41) is 2.81. The van der Waals surface area contributed by atoms with Crippen LogP contribution in [0.15, 0.2) is 77.8 Å². The lowest BCUT2D eigenvalue weighted by Gasteiger charge is -2.22. The number of nitrogens with zero attached hydrogens (tertiary/aromatic N) is 1.